The van der Waals surface area contributed by atoms with Gasteiger partial charge < -0.3 is 20.3 Å². The molecule has 0 spiro atoms. The second kappa shape index (κ2) is 9.72. The van der Waals surface area contributed by atoms with Crippen molar-refractivity contribution in [1.29, 1.82) is 0 Å². The number of nitrogens with zero attached hydrogens (tertiary/aromatic N) is 1. The molecule has 34 heavy (non-hydrogen) atoms. The van der Waals surface area contributed by atoms with Gasteiger partial charge in [0.15, 0.2) is 6.04 Å². The minimum atomic E-state index is -1.46. The van der Waals surface area contributed by atoms with Crippen LogP contribution < -0.4 is 10.6 Å². The highest BCUT2D eigenvalue weighted by Crippen LogP contribution is 2.44. The van der Waals surface area contributed by atoms with Gasteiger partial charge in [-0.15, -0.1) is 0 Å². The minimum Gasteiger partial charge on any atom is -0.480 e. The van der Waals surface area contributed by atoms with Crippen molar-refractivity contribution >= 4 is 23.7 Å². The average molecular weight is 461 g/mol. The molecule has 0 saturated carbocycles. The van der Waals surface area contributed by atoms with E-state index in [4.69, 9.17) is 9.84 Å². The maximum absolute atomic E-state index is 12.4. The zero-order valence-electron chi connectivity index (χ0n) is 18.3. The van der Waals surface area contributed by atoms with Gasteiger partial charge in [0.2, 0.25) is 0 Å². The van der Waals surface area contributed by atoms with Crippen LogP contribution in [0.5, 0.6) is 0 Å². The van der Waals surface area contributed by atoms with Crippen molar-refractivity contribution in [3.63, 3.8) is 0 Å². The Morgan fingerprint density at radius 3 is 2.15 bits per heavy atom. The van der Waals surface area contributed by atoms with Gasteiger partial charge >= 0.3 is 12.1 Å². The maximum Gasteiger partial charge on any atom is 0.411 e. The van der Waals surface area contributed by atoms with E-state index in [1.165, 1.54) is 25.3 Å². The highest BCUT2D eigenvalue weighted by molar-refractivity contribution is 5.95. The summed E-state index contributed by atoms with van der Waals surface area (Å²) in [6.07, 6.45) is -0.689. The lowest BCUT2D eigenvalue weighted by Gasteiger charge is -2.16. The fourth-order valence-corrected chi connectivity index (χ4v) is 3.96. The van der Waals surface area contributed by atoms with E-state index in [9.17, 15) is 19.5 Å². The molecule has 0 unspecified atom stereocenters. The van der Waals surface area contributed by atoms with Gasteiger partial charge in [-0.1, -0.05) is 48.5 Å². The number of rotatable bonds is 7. The number of hydrogen-bond donors (Lipinski definition) is 4. The summed E-state index contributed by atoms with van der Waals surface area (Å²) >= 11 is 0. The van der Waals surface area contributed by atoms with Gasteiger partial charge in [-0.3, -0.25) is 10.1 Å². The second-order valence-electron chi connectivity index (χ2n) is 7.91. The number of aliphatic hydroxyl groups is 1. The van der Waals surface area contributed by atoms with Gasteiger partial charge in [0.1, 0.15) is 12.3 Å². The Morgan fingerprint density at radius 2 is 1.62 bits per heavy atom. The van der Waals surface area contributed by atoms with E-state index >= 15 is 0 Å². The number of carbonyl (C=O) groups is 3. The monoisotopic (exact) mass is 461 g/mol. The van der Waals surface area contributed by atoms with Crippen LogP contribution in [0.2, 0.25) is 0 Å². The maximum atomic E-state index is 12.4. The summed E-state index contributed by atoms with van der Waals surface area (Å²) in [5.41, 5.74) is 4.71. The van der Waals surface area contributed by atoms with Crippen LogP contribution >= 0.6 is 0 Å². The number of aliphatic carboxylic acids is 1. The van der Waals surface area contributed by atoms with Crippen molar-refractivity contribution in [2.24, 2.45) is 0 Å². The number of ether oxygens (including phenoxy) is 1. The summed E-state index contributed by atoms with van der Waals surface area (Å²) in [7, 11) is 0. The van der Waals surface area contributed by atoms with E-state index in [0.29, 0.717) is 5.69 Å². The van der Waals surface area contributed by atoms with E-state index in [1.807, 2.05) is 36.4 Å². The molecule has 4 rings (SSSR count). The number of carboxylic acids is 1. The number of pyridine rings is 1. The van der Waals surface area contributed by atoms with Crippen molar-refractivity contribution in [1.82, 2.24) is 10.3 Å². The fraction of sp³-hybridized carbons (Fsp3) is 0.200. The Kier molecular flexibility index (Phi) is 6.55. The number of anilines is 1. The molecule has 0 fully saturated rings. The molecule has 0 saturated heterocycles. The van der Waals surface area contributed by atoms with Crippen molar-refractivity contribution in [3.05, 3.63) is 83.7 Å². The molecule has 9 nitrogen and oxygen atoms in total. The van der Waals surface area contributed by atoms with E-state index in [0.717, 1.165) is 22.3 Å². The van der Waals surface area contributed by atoms with E-state index in [1.54, 1.807) is 0 Å². The van der Waals surface area contributed by atoms with Gasteiger partial charge in [0.25, 0.3) is 5.91 Å². The Morgan fingerprint density at radius 1 is 1.00 bits per heavy atom. The van der Waals surface area contributed by atoms with Crippen molar-refractivity contribution in [2.75, 3.05) is 11.9 Å². The smallest absolute Gasteiger partial charge is 0.411 e. The predicted molar refractivity (Wildman–Crippen MR) is 123 cm³/mol. The number of carbonyl (C=O) groups excluding carboxylic acids is 2. The fourth-order valence-electron chi connectivity index (χ4n) is 3.96. The molecule has 0 bridgehead atoms. The number of aromatic nitrogens is 1. The predicted octanol–water partition coefficient (Wildman–Crippen LogP) is 3.01. The Balaban J connectivity index is 1.36. The number of aliphatic hydroxyl groups excluding tert-OH is 1. The first kappa shape index (κ1) is 22.9. The Labute approximate surface area is 195 Å². The van der Waals surface area contributed by atoms with E-state index in [2.05, 4.69) is 27.8 Å². The number of carboxylic acid groups (broad SMARTS) is 1. The van der Waals surface area contributed by atoms with Crippen molar-refractivity contribution in [2.45, 2.75) is 25.0 Å². The normalized spacial score (nSPS) is 13.8. The zero-order valence-corrected chi connectivity index (χ0v) is 18.3. The van der Waals surface area contributed by atoms with Gasteiger partial charge in [-0.25, -0.2) is 14.6 Å². The molecule has 1 aromatic heterocycles. The molecular weight excluding hydrogens is 438 g/mol. The number of amides is 2. The molecule has 2 amide bonds. The Bertz CT molecular complexity index is 1180. The molecule has 3 aromatic rings. The van der Waals surface area contributed by atoms with Crippen LogP contribution in [0.15, 0.2) is 66.9 Å². The summed E-state index contributed by atoms with van der Waals surface area (Å²) in [6.45, 7) is 1.41. The van der Waals surface area contributed by atoms with Crippen molar-refractivity contribution < 1.29 is 29.3 Å². The molecular formula is C25H23N3O6. The van der Waals surface area contributed by atoms with Crippen LogP contribution in [0.4, 0.5) is 10.5 Å². The minimum absolute atomic E-state index is 0.0648. The third kappa shape index (κ3) is 4.74. The van der Waals surface area contributed by atoms with Gasteiger partial charge in [0, 0.05) is 5.92 Å². The first-order chi connectivity index (χ1) is 16.3. The molecule has 2 aromatic carbocycles. The molecule has 9 heteroatoms. The molecule has 1 aliphatic carbocycles. The zero-order chi connectivity index (χ0) is 24.2. The van der Waals surface area contributed by atoms with E-state index in [-0.39, 0.29) is 18.2 Å². The molecule has 2 atom stereocenters. The van der Waals surface area contributed by atoms with Crippen LogP contribution in [0, 0.1) is 0 Å². The molecule has 0 aliphatic heterocycles. The van der Waals surface area contributed by atoms with Crippen LogP contribution in [-0.4, -0.2) is 51.9 Å². The summed E-state index contributed by atoms with van der Waals surface area (Å²) < 4.78 is 5.48. The number of benzene rings is 2. The Hall–Kier alpha value is -4.24. The SMILES string of the molecule is C[C@@H](O)[C@H](NC(=O)c1ccc(NC(=O)OCC2c3ccccc3-c3ccccc32)cn1)C(=O)O. The quantitative estimate of drug-likeness (QED) is 0.424. The lowest BCUT2D eigenvalue weighted by molar-refractivity contribution is -0.141. The van der Waals surface area contributed by atoms with Crippen molar-refractivity contribution in [3.8, 4) is 11.1 Å². The highest BCUT2D eigenvalue weighted by atomic mass is 16.5. The van der Waals surface area contributed by atoms with Crippen LogP contribution in [0.1, 0.15) is 34.5 Å². The summed E-state index contributed by atoms with van der Waals surface area (Å²) in [4.78, 5) is 39.6. The van der Waals surface area contributed by atoms with Gasteiger partial charge in [0.05, 0.1) is 18.0 Å². The van der Waals surface area contributed by atoms with Crippen LogP contribution in [0.3, 0.4) is 0 Å². The third-order valence-electron chi connectivity index (χ3n) is 5.62. The largest absolute Gasteiger partial charge is 0.480 e. The first-order valence-corrected chi connectivity index (χ1v) is 10.6. The third-order valence-corrected chi connectivity index (χ3v) is 5.62. The second-order valence-corrected chi connectivity index (χ2v) is 7.91. The molecule has 174 valence electrons. The molecule has 1 aliphatic rings. The lowest BCUT2D eigenvalue weighted by atomic mass is 9.98. The van der Waals surface area contributed by atoms with Gasteiger partial charge in [-0.05, 0) is 41.3 Å². The molecule has 0 radical (unpaired) electrons. The lowest BCUT2D eigenvalue weighted by Crippen LogP contribution is -2.47. The standard InChI is InChI=1S/C25H23N3O6/c1-14(29)22(24(31)32)28-23(30)21-11-10-15(12-26-21)27-25(33)34-13-20-18-8-4-2-6-16(18)17-7-3-5-9-19(17)20/h2-12,14,20,22,29H,13H2,1H3,(H,27,33)(H,28,30)(H,31,32)/t14-,22+/m1/s1. The van der Waals surface area contributed by atoms with E-state index < -0.39 is 30.1 Å². The number of fused-ring (bicyclic) bond motifs is 3. The van der Waals surface area contributed by atoms with Crippen LogP contribution in [-0.2, 0) is 9.53 Å². The number of hydrogen-bond acceptors (Lipinski definition) is 6. The topological polar surface area (TPSA) is 138 Å². The molecule has 4 N–H and O–H groups in total. The summed E-state index contributed by atoms with van der Waals surface area (Å²) in [5.74, 6) is -2.20. The highest BCUT2D eigenvalue weighted by Gasteiger charge is 2.29. The average Bonchev–Trinajstić information content (AvgIpc) is 3.15. The van der Waals surface area contributed by atoms with Crippen LogP contribution in [0.25, 0.3) is 11.1 Å². The summed E-state index contributed by atoms with van der Waals surface area (Å²) in [6, 6.07) is 17.4. The first-order valence-electron chi connectivity index (χ1n) is 10.6. The number of nitrogens with one attached hydrogen (secondary N) is 2. The summed E-state index contributed by atoms with van der Waals surface area (Å²) in [5, 5.41) is 23.3. The molecule has 1 heterocycles. The van der Waals surface area contributed by atoms with Gasteiger partial charge in [-0.2, -0.15) is 0 Å².